The smallest absolute Gasteiger partial charge is 0.306 e. The molecule has 1 unspecified atom stereocenters. The Morgan fingerprint density at radius 2 is 2.26 bits per heavy atom. The van der Waals surface area contributed by atoms with E-state index in [2.05, 4.69) is 20.7 Å². The van der Waals surface area contributed by atoms with Crippen molar-refractivity contribution in [3.63, 3.8) is 0 Å². The van der Waals surface area contributed by atoms with Gasteiger partial charge >= 0.3 is 5.69 Å². The quantitative estimate of drug-likeness (QED) is 0.194. The number of carbonyl (C=O) groups excluding carboxylic acids is 1. The Balaban J connectivity index is 0.00000364. The third-order valence-electron chi connectivity index (χ3n) is 4.11. The van der Waals surface area contributed by atoms with Gasteiger partial charge in [-0.15, -0.1) is 24.0 Å². The summed E-state index contributed by atoms with van der Waals surface area (Å²) in [6.45, 7) is 8.85. The molecule has 2 rings (SSSR count). The molecule has 152 valence electrons. The summed E-state index contributed by atoms with van der Waals surface area (Å²) in [6, 6.07) is 0.168. The highest BCUT2D eigenvalue weighted by atomic mass is 127. The molecule has 1 aromatic rings. The maximum Gasteiger partial charge on any atom is 0.306 e. The number of nitro groups is 1. The average molecular weight is 493 g/mol. The topological polar surface area (TPSA) is 118 Å². The van der Waals surface area contributed by atoms with Crippen molar-refractivity contribution in [2.45, 2.75) is 39.8 Å². The molecule has 0 aromatic carbocycles. The molecule has 2 heterocycles. The first kappa shape index (κ1) is 23.1. The Morgan fingerprint density at radius 3 is 2.85 bits per heavy atom. The molecular formula is C16H28IN7O3. The van der Waals surface area contributed by atoms with E-state index < -0.39 is 4.92 Å². The number of rotatable bonds is 7. The van der Waals surface area contributed by atoms with E-state index in [1.165, 1.54) is 17.1 Å². The van der Waals surface area contributed by atoms with Crippen molar-refractivity contribution < 1.29 is 9.72 Å². The number of halogens is 1. The van der Waals surface area contributed by atoms with E-state index in [0.717, 1.165) is 19.5 Å². The number of guanidine groups is 1. The number of amides is 1. The highest BCUT2D eigenvalue weighted by molar-refractivity contribution is 14.0. The zero-order valence-electron chi connectivity index (χ0n) is 15.9. The first-order chi connectivity index (χ1) is 12.4. The van der Waals surface area contributed by atoms with Gasteiger partial charge in [0.15, 0.2) is 5.96 Å². The van der Waals surface area contributed by atoms with E-state index in [-0.39, 0.29) is 47.5 Å². The average Bonchev–Trinajstić information content (AvgIpc) is 3.23. The van der Waals surface area contributed by atoms with E-state index in [1.54, 1.807) is 0 Å². The molecule has 1 aliphatic heterocycles. The molecule has 0 spiro atoms. The highest BCUT2D eigenvalue weighted by Crippen LogP contribution is 2.12. The lowest BCUT2D eigenvalue weighted by molar-refractivity contribution is -0.385. The molecule has 10 nitrogen and oxygen atoms in total. The zero-order valence-corrected chi connectivity index (χ0v) is 18.3. The fraction of sp³-hybridized carbons (Fsp3) is 0.688. The van der Waals surface area contributed by atoms with Crippen LogP contribution in [-0.4, -0.2) is 63.7 Å². The van der Waals surface area contributed by atoms with Crippen LogP contribution < -0.4 is 10.6 Å². The van der Waals surface area contributed by atoms with E-state index in [1.807, 2.05) is 25.7 Å². The summed E-state index contributed by atoms with van der Waals surface area (Å²) in [5, 5.41) is 21.2. The van der Waals surface area contributed by atoms with E-state index in [4.69, 9.17) is 0 Å². The molecule has 1 amide bonds. The minimum absolute atomic E-state index is 0. The normalized spacial score (nSPS) is 17.0. The van der Waals surface area contributed by atoms with Crippen LogP contribution in [0.4, 0.5) is 5.69 Å². The SMILES string of the molecule is CCNC(=NCCn1cc([N+](=O)[O-])cn1)NC1CCN(C(=O)C(C)C)C1.I. The fourth-order valence-corrected chi connectivity index (χ4v) is 2.79. The number of carbonyl (C=O) groups is 1. The summed E-state index contributed by atoms with van der Waals surface area (Å²) < 4.78 is 1.50. The van der Waals surface area contributed by atoms with Crippen molar-refractivity contribution in [1.29, 1.82) is 0 Å². The van der Waals surface area contributed by atoms with Crippen LogP contribution in [0.15, 0.2) is 17.4 Å². The van der Waals surface area contributed by atoms with Gasteiger partial charge in [-0.2, -0.15) is 5.10 Å². The lowest BCUT2D eigenvalue weighted by atomic mass is 10.2. The van der Waals surface area contributed by atoms with Gasteiger partial charge in [0.2, 0.25) is 5.91 Å². The van der Waals surface area contributed by atoms with E-state index in [0.29, 0.717) is 25.6 Å². The Kier molecular flexibility index (Phi) is 9.46. The molecule has 0 bridgehead atoms. The molecule has 11 heteroatoms. The van der Waals surface area contributed by atoms with Gasteiger partial charge in [0.1, 0.15) is 12.4 Å². The van der Waals surface area contributed by atoms with Crippen molar-refractivity contribution in [2.75, 3.05) is 26.2 Å². The zero-order chi connectivity index (χ0) is 19.1. The van der Waals surface area contributed by atoms with Gasteiger partial charge in [0, 0.05) is 31.6 Å². The molecular weight excluding hydrogens is 465 g/mol. The van der Waals surface area contributed by atoms with Crippen LogP contribution in [0.3, 0.4) is 0 Å². The molecule has 0 saturated carbocycles. The predicted octanol–water partition coefficient (Wildman–Crippen LogP) is 1.22. The number of hydrogen-bond acceptors (Lipinski definition) is 5. The second kappa shape index (κ2) is 11.0. The van der Waals surface area contributed by atoms with Crippen LogP contribution in [0.25, 0.3) is 0 Å². The monoisotopic (exact) mass is 493 g/mol. The van der Waals surface area contributed by atoms with E-state index >= 15 is 0 Å². The third-order valence-corrected chi connectivity index (χ3v) is 4.11. The second-order valence-corrected chi connectivity index (χ2v) is 6.55. The first-order valence-electron chi connectivity index (χ1n) is 8.91. The third kappa shape index (κ3) is 6.96. The van der Waals surface area contributed by atoms with Crippen LogP contribution >= 0.6 is 24.0 Å². The number of nitrogens with one attached hydrogen (secondary N) is 2. The van der Waals surface area contributed by atoms with Crippen molar-refractivity contribution in [3.8, 4) is 0 Å². The van der Waals surface area contributed by atoms with Gasteiger partial charge in [-0.25, -0.2) is 0 Å². The maximum atomic E-state index is 12.1. The van der Waals surface area contributed by atoms with Crippen LogP contribution in [-0.2, 0) is 11.3 Å². The van der Waals surface area contributed by atoms with Crippen LogP contribution in [0.1, 0.15) is 27.2 Å². The minimum atomic E-state index is -0.470. The van der Waals surface area contributed by atoms with Gasteiger partial charge in [-0.05, 0) is 13.3 Å². The fourth-order valence-electron chi connectivity index (χ4n) is 2.79. The number of aromatic nitrogens is 2. The Morgan fingerprint density at radius 1 is 1.52 bits per heavy atom. The number of nitrogens with zero attached hydrogens (tertiary/aromatic N) is 5. The lowest BCUT2D eigenvalue weighted by Crippen LogP contribution is -2.45. The van der Waals surface area contributed by atoms with Gasteiger partial charge in [0.05, 0.1) is 18.0 Å². The molecule has 27 heavy (non-hydrogen) atoms. The Hall–Kier alpha value is -1.92. The maximum absolute atomic E-state index is 12.1. The molecule has 0 aliphatic carbocycles. The van der Waals surface area contributed by atoms with Crippen LogP contribution in [0.5, 0.6) is 0 Å². The van der Waals surface area contributed by atoms with Crippen molar-refractivity contribution in [1.82, 2.24) is 25.3 Å². The molecule has 2 N–H and O–H groups in total. The summed E-state index contributed by atoms with van der Waals surface area (Å²) in [7, 11) is 0. The molecule has 1 aliphatic rings. The first-order valence-corrected chi connectivity index (χ1v) is 8.91. The van der Waals surface area contributed by atoms with Crippen molar-refractivity contribution in [3.05, 3.63) is 22.5 Å². The Bertz CT molecular complexity index is 662. The summed E-state index contributed by atoms with van der Waals surface area (Å²) in [4.78, 5) is 28.6. The van der Waals surface area contributed by atoms with Gasteiger partial charge in [-0.3, -0.25) is 24.6 Å². The summed E-state index contributed by atoms with van der Waals surface area (Å²) in [6.07, 6.45) is 3.50. The number of aliphatic imine (C=N–C) groups is 1. The summed E-state index contributed by atoms with van der Waals surface area (Å²) in [5.41, 5.74) is -0.0279. The van der Waals surface area contributed by atoms with Crippen molar-refractivity contribution >= 4 is 41.5 Å². The largest absolute Gasteiger partial charge is 0.357 e. The molecule has 1 aromatic heterocycles. The highest BCUT2D eigenvalue weighted by Gasteiger charge is 2.27. The van der Waals surface area contributed by atoms with Crippen LogP contribution in [0.2, 0.25) is 0 Å². The van der Waals surface area contributed by atoms with Gasteiger partial charge < -0.3 is 15.5 Å². The lowest BCUT2D eigenvalue weighted by Gasteiger charge is -2.20. The second-order valence-electron chi connectivity index (χ2n) is 6.55. The van der Waals surface area contributed by atoms with E-state index in [9.17, 15) is 14.9 Å². The standard InChI is InChI=1S/C16H27N7O3.HI/c1-4-17-16(18-6-8-22-11-14(9-19-22)23(25)26)20-13-5-7-21(10-13)15(24)12(2)3;/h9,11-13H,4-8,10H2,1-3H3,(H2,17,18,20);1H. The van der Waals surface area contributed by atoms with Gasteiger partial charge in [0.25, 0.3) is 0 Å². The molecule has 1 saturated heterocycles. The number of likely N-dealkylation sites (tertiary alicyclic amines) is 1. The summed E-state index contributed by atoms with van der Waals surface area (Å²) in [5.74, 6) is 0.864. The number of hydrogen-bond donors (Lipinski definition) is 2. The predicted molar refractivity (Wildman–Crippen MR) is 113 cm³/mol. The van der Waals surface area contributed by atoms with Gasteiger partial charge in [-0.1, -0.05) is 13.8 Å². The Labute approximate surface area is 175 Å². The molecule has 1 atom stereocenters. The summed E-state index contributed by atoms with van der Waals surface area (Å²) >= 11 is 0. The van der Waals surface area contributed by atoms with Crippen molar-refractivity contribution in [2.24, 2.45) is 10.9 Å². The minimum Gasteiger partial charge on any atom is -0.357 e. The van der Waals surface area contributed by atoms with Crippen LogP contribution in [0, 0.1) is 16.0 Å². The molecule has 0 radical (unpaired) electrons. The molecule has 1 fully saturated rings.